The molecule has 0 saturated carbocycles. The van der Waals surface area contributed by atoms with Crippen LogP contribution < -0.4 is 19.7 Å². The Balaban J connectivity index is 1.50. The van der Waals surface area contributed by atoms with Crippen molar-refractivity contribution in [3.63, 3.8) is 0 Å². The molecular weight excluding hydrogens is 394 g/mol. The maximum atomic E-state index is 12.8. The van der Waals surface area contributed by atoms with Gasteiger partial charge in [-0.1, -0.05) is 24.3 Å². The molecule has 1 saturated heterocycles. The van der Waals surface area contributed by atoms with Crippen molar-refractivity contribution in [1.29, 1.82) is 0 Å². The monoisotopic (exact) mass is 426 g/mol. The van der Waals surface area contributed by atoms with Gasteiger partial charge in [-0.15, -0.1) is 0 Å². The number of carbonyl (C=O) groups is 2. The summed E-state index contributed by atoms with van der Waals surface area (Å²) in [6.45, 7) is 7.20. The second-order valence-electron chi connectivity index (χ2n) is 7.98. The summed E-state index contributed by atoms with van der Waals surface area (Å²) in [5.41, 5.74) is 3.87. The van der Waals surface area contributed by atoms with Gasteiger partial charge in [-0.05, 0) is 31.0 Å². The van der Waals surface area contributed by atoms with Gasteiger partial charge in [-0.25, -0.2) is 0 Å². The third-order valence-corrected chi connectivity index (χ3v) is 5.82. The highest BCUT2D eigenvalue weighted by molar-refractivity contribution is 5.93. The zero-order valence-corrected chi connectivity index (χ0v) is 18.8. The minimum Gasteiger partial charge on any atom is -0.497 e. The molecule has 7 nitrogen and oxygen atoms in total. The quantitative estimate of drug-likeness (QED) is 0.699. The van der Waals surface area contributed by atoms with E-state index in [4.69, 9.17) is 9.47 Å². The molecule has 1 fully saturated rings. The van der Waals surface area contributed by atoms with Gasteiger partial charge >= 0.3 is 0 Å². The Bertz CT molecular complexity index is 916. The van der Waals surface area contributed by atoms with E-state index in [1.54, 1.807) is 20.3 Å². The van der Waals surface area contributed by atoms with E-state index in [0.717, 1.165) is 35.5 Å². The molecule has 0 aliphatic carbocycles. The third-order valence-electron chi connectivity index (χ3n) is 5.82. The number of nitrogens with one attached hydrogen (secondary N) is 2. The predicted molar refractivity (Wildman–Crippen MR) is 120 cm³/mol. The van der Waals surface area contributed by atoms with Crippen LogP contribution in [0.4, 0.5) is 5.69 Å². The molecule has 0 aromatic heterocycles. The van der Waals surface area contributed by atoms with Gasteiger partial charge in [0.05, 0.1) is 46.8 Å². The molecule has 3 rings (SSSR count). The lowest BCUT2D eigenvalue weighted by Crippen LogP contribution is -3.15. The Morgan fingerprint density at radius 1 is 1.03 bits per heavy atom. The first kappa shape index (κ1) is 22.6. The number of methoxy groups -OCH3 is 2. The molecule has 1 aliphatic heterocycles. The first-order chi connectivity index (χ1) is 14.9. The number of ether oxygens (including phenoxy) is 2. The van der Waals surface area contributed by atoms with Crippen LogP contribution in [0.1, 0.15) is 16.7 Å². The van der Waals surface area contributed by atoms with Gasteiger partial charge < -0.3 is 24.6 Å². The van der Waals surface area contributed by atoms with Gasteiger partial charge in [0.2, 0.25) is 5.91 Å². The van der Waals surface area contributed by atoms with Crippen LogP contribution in [0.3, 0.4) is 0 Å². The third kappa shape index (κ3) is 5.76. The number of para-hydroxylation sites is 1. The van der Waals surface area contributed by atoms with Crippen molar-refractivity contribution in [2.75, 3.05) is 52.3 Å². The van der Waals surface area contributed by atoms with Gasteiger partial charge in [0.1, 0.15) is 11.5 Å². The van der Waals surface area contributed by atoms with Crippen molar-refractivity contribution in [2.24, 2.45) is 0 Å². The van der Waals surface area contributed by atoms with Crippen LogP contribution in [-0.2, 0) is 16.0 Å². The summed E-state index contributed by atoms with van der Waals surface area (Å²) in [5, 5.41) is 3.05. The van der Waals surface area contributed by atoms with E-state index in [2.05, 4.69) is 5.32 Å². The number of aryl methyl sites for hydroxylation is 2. The Labute approximate surface area is 183 Å². The lowest BCUT2D eigenvalue weighted by molar-refractivity contribution is -0.895. The van der Waals surface area contributed by atoms with Crippen LogP contribution in [-0.4, -0.2) is 63.7 Å². The van der Waals surface area contributed by atoms with E-state index in [1.807, 2.05) is 49.1 Å². The number of rotatable bonds is 7. The summed E-state index contributed by atoms with van der Waals surface area (Å²) in [7, 11) is 3.19. The number of nitrogens with zero attached hydrogens (tertiary/aromatic N) is 1. The molecule has 1 heterocycles. The number of piperazine rings is 1. The van der Waals surface area contributed by atoms with E-state index in [1.165, 1.54) is 4.90 Å². The summed E-state index contributed by atoms with van der Waals surface area (Å²) >= 11 is 0. The number of benzene rings is 2. The first-order valence-corrected chi connectivity index (χ1v) is 10.6. The summed E-state index contributed by atoms with van der Waals surface area (Å²) < 4.78 is 10.6. The molecule has 0 spiro atoms. The fourth-order valence-corrected chi connectivity index (χ4v) is 3.94. The molecule has 166 valence electrons. The topological polar surface area (TPSA) is 72.3 Å². The highest BCUT2D eigenvalue weighted by Gasteiger charge is 2.26. The number of carbonyl (C=O) groups excluding carboxylic acids is 2. The highest BCUT2D eigenvalue weighted by Crippen LogP contribution is 2.25. The van der Waals surface area contributed by atoms with Crippen LogP contribution in [0.25, 0.3) is 0 Å². The largest absolute Gasteiger partial charge is 0.497 e. The van der Waals surface area contributed by atoms with Crippen molar-refractivity contribution in [2.45, 2.75) is 20.3 Å². The zero-order valence-electron chi connectivity index (χ0n) is 18.8. The number of amides is 2. The average molecular weight is 427 g/mol. The Kier molecular flexibility index (Phi) is 7.52. The van der Waals surface area contributed by atoms with Crippen molar-refractivity contribution >= 4 is 17.5 Å². The van der Waals surface area contributed by atoms with E-state index in [-0.39, 0.29) is 18.2 Å². The molecule has 2 aromatic rings. The molecular formula is C24H32N3O4+. The SMILES string of the molecule is COc1ccc(CC(=O)N2CC[NH+](CC(=O)Nc3c(C)cccc3C)CC2)c(OC)c1. The van der Waals surface area contributed by atoms with Gasteiger partial charge in [0.25, 0.3) is 5.91 Å². The van der Waals surface area contributed by atoms with Crippen molar-refractivity contribution in [3.8, 4) is 11.5 Å². The van der Waals surface area contributed by atoms with Gasteiger partial charge in [0, 0.05) is 17.3 Å². The second-order valence-corrected chi connectivity index (χ2v) is 7.98. The van der Waals surface area contributed by atoms with E-state index in [9.17, 15) is 9.59 Å². The van der Waals surface area contributed by atoms with Crippen LogP contribution in [0.15, 0.2) is 36.4 Å². The molecule has 31 heavy (non-hydrogen) atoms. The van der Waals surface area contributed by atoms with Crippen molar-refractivity contribution < 1.29 is 24.0 Å². The molecule has 2 aromatic carbocycles. The van der Waals surface area contributed by atoms with Crippen LogP contribution in [0.2, 0.25) is 0 Å². The lowest BCUT2D eigenvalue weighted by atomic mass is 10.1. The molecule has 7 heteroatoms. The number of quaternary nitrogens is 1. The van der Waals surface area contributed by atoms with E-state index in [0.29, 0.717) is 31.1 Å². The molecule has 0 unspecified atom stereocenters. The molecule has 0 bridgehead atoms. The summed E-state index contributed by atoms with van der Waals surface area (Å²) in [6, 6.07) is 11.5. The van der Waals surface area contributed by atoms with Gasteiger partial charge in [-0.3, -0.25) is 9.59 Å². The average Bonchev–Trinajstić information content (AvgIpc) is 2.77. The van der Waals surface area contributed by atoms with E-state index >= 15 is 0 Å². The Morgan fingerprint density at radius 3 is 2.32 bits per heavy atom. The van der Waals surface area contributed by atoms with Crippen LogP contribution in [0, 0.1) is 13.8 Å². The molecule has 0 radical (unpaired) electrons. The minimum absolute atomic E-state index is 0.00939. The maximum Gasteiger partial charge on any atom is 0.279 e. The first-order valence-electron chi connectivity index (χ1n) is 10.6. The number of hydrogen-bond donors (Lipinski definition) is 2. The van der Waals surface area contributed by atoms with Crippen LogP contribution in [0.5, 0.6) is 11.5 Å². The van der Waals surface area contributed by atoms with Crippen LogP contribution >= 0.6 is 0 Å². The Morgan fingerprint density at radius 2 is 1.71 bits per heavy atom. The predicted octanol–water partition coefficient (Wildman–Crippen LogP) is 1.23. The summed E-state index contributed by atoms with van der Waals surface area (Å²) in [5.74, 6) is 1.43. The second kappa shape index (κ2) is 10.3. The summed E-state index contributed by atoms with van der Waals surface area (Å²) in [6.07, 6.45) is 0.287. The standard InChI is InChI=1S/C24H31N3O4/c1-17-6-5-7-18(2)24(17)25-22(28)16-26-10-12-27(13-11-26)23(29)14-19-8-9-20(30-3)15-21(19)31-4/h5-9,15H,10-14,16H2,1-4H3,(H,25,28)/p+1. The molecule has 0 atom stereocenters. The molecule has 2 N–H and O–H groups in total. The molecule has 1 aliphatic rings. The maximum absolute atomic E-state index is 12.8. The summed E-state index contributed by atoms with van der Waals surface area (Å²) in [4.78, 5) is 28.4. The fraction of sp³-hybridized carbons (Fsp3) is 0.417. The highest BCUT2D eigenvalue weighted by atomic mass is 16.5. The number of hydrogen-bond acceptors (Lipinski definition) is 4. The lowest BCUT2D eigenvalue weighted by Gasteiger charge is -2.32. The molecule has 2 amide bonds. The fourth-order valence-electron chi connectivity index (χ4n) is 3.94. The van der Waals surface area contributed by atoms with Gasteiger partial charge in [0.15, 0.2) is 6.54 Å². The van der Waals surface area contributed by atoms with Crippen molar-refractivity contribution in [1.82, 2.24) is 4.90 Å². The smallest absolute Gasteiger partial charge is 0.279 e. The minimum atomic E-state index is 0.00939. The van der Waals surface area contributed by atoms with E-state index < -0.39 is 0 Å². The normalized spacial score (nSPS) is 14.3. The van der Waals surface area contributed by atoms with Crippen molar-refractivity contribution in [3.05, 3.63) is 53.1 Å². The Hall–Kier alpha value is -3.06. The van der Waals surface area contributed by atoms with Gasteiger partial charge in [-0.2, -0.15) is 0 Å². The number of anilines is 1. The zero-order chi connectivity index (χ0) is 22.4.